The van der Waals surface area contributed by atoms with Gasteiger partial charge in [-0.2, -0.15) is 0 Å². The van der Waals surface area contributed by atoms with E-state index in [1.165, 1.54) is 0 Å². The van der Waals surface area contributed by atoms with Gasteiger partial charge < -0.3 is 9.84 Å². The monoisotopic (exact) mass is 187 g/mol. The third-order valence-corrected chi connectivity index (χ3v) is 1.68. The molecule has 4 heteroatoms. The Balaban J connectivity index is 3.48. The molecule has 0 rings (SSSR count). The van der Waals surface area contributed by atoms with Crippen LogP contribution in [0.15, 0.2) is 12.7 Å². The van der Waals surface area contributed by atoms with Crippen molar-refractivity contribution in [3.63, 3.8) is 0 Å². The van der Waals surface area contributed by atoms with E-state index in [9.17, 15) is 4.79 Å². The Kier molecular flexibility index (Phi) is 7.24. The number of rotatable bonds is 7. The predicted octanol–water partition coefficient (Wildman–Crippen LogP) is 0.0298. The molecule has 0 radical (unpaired) electrons. The lowest BCUT2D eigenvalue weighted by molar-refractivity contribution is -0.138. The second kappa shape index (κ2) is 7.76. The molecule has 0 unspecified atom stereocenters. The van der Waals surface area contributed by atoms with Crippen LogP contribution in [0.5, 0.6) is 0 Å². The van der Waals surface area contributed by atoms with Gasteiger partial charge in [0, 0.05) is 19.2 Å². The first kappa shape index (κ1) is 12.1. The molecule has 0 aliphatic rings. The van der Waals surface area contributed by atoms with Gasteiger partial charge in [0.1, 0.15) is 6.61 Å². The highest BCUT2D eigenvalue weighted by atomic mass is 16.5. The van der Waals surface area contributed by atoms with E-state index in [0.29, 0.717) is 19.7 Å². The van der Waals surface area contributed by atoms with Crippen molar-refractivity contribution < 1.29 is 14.6 Å². The molecule has 0 saturated heterocycles. The number of aliphatic hydroxyl groups excluding tert-OH is 1. The van der Waals surface area contributed by atoms with E-state index in [1.807, 2.05) is 11.8 Å². The molecule has 0 saturated carbocycles. The molecule has 0 aliphatic carbocycles. The number of carbonyl (C=O) groups is 1. The van der Waals surface area contributed by atoms with Crippen LogP contribution in [0.4, 0.5) is 0 Å². The molecular formula is C9H17NO3. The predicted molar refractivity (Wildman–Crippen MR) is 50.4 cm³/mol. The molecule has 0 bridgehead atoms. The van der Waals surface area contributed by atoms with Gasteiger partial charge in [0.2, 0.25) is 0 Å². The van der Waals surface area contributed by atoms with E-state index in [2.05, 4.69) is 6.58 Å². The number of ether oxygens (including phenoxy) is 1. The molecule has 13 heavy (non-hydrogen) atoms. The zero-order valence-electron chi connectivity index (χ0n) is 8.03. The summed E-state index contributed by atoms with van der Waals surface area (Å²) in [6, 6.07) is 0. The van der Waals surface area contributed by atoms with Crippen LogP contribution in [0.3, 0.4) is 0 Å². The van der Waals surface area contributed by atoms with Gasteiger partial charge in [-0.25, -0.2) is 4.79 Å². The summed E-state index contributed by atoms with van der Waals surface area (Å²) < 4.78 is 4.79. The molecule has 4 nitrogen and oxygen atoms in total. The first-order chi connectivity index (χ1) is 6.24. The standard InChI is InChI=1S/C9H17NO3/c1-3-9(12)13-8-6-10(4-2)5-7-11/h3,11H,1,4-8H2,2H3. The van der Waals surface area contributed by atoms with Crippen LogP contribution in [0.2, 0.25) is 0 Å². The summed E-state index contributed by atoms with van der Waals surface area (Å²) >= 11 is 0. The summed E-state index contributed by atoms with van der Waals surface area (Å²) in [6.45, 7) is 7.85. The van der Waals surface area contributed by atoms with Gasteiger partial charge in [0.05, 0.1) is 6.61 Å². The fourth-order valence-electron chi connectivity index (χ4n) is 0.904. The second-order valence-corrected chi connectivity index (χ2v) is 2.53. The topological polar surface area (TPSA) is 49.8 Å². The molecule has 0 amide bonds. The van der Waals surface area contributed by atoms with Crippen molar-refractivity contribution in [3.05, 3.63) is 12.7 Å². The fourth-order valence-corrected chi connectivity index (χ4v) is 0.904. The zero-order valence-corrected chi connectivity index (χ0v) is 8.03. The lowest BCUT2D eigenvalue weighted by atomic mass is 10.5. The summed E-state index contributed by atoms with van der Waals surface area (Å²) in [5, 5.41) is 8.66. The maximum atomic E-state index is 10.6. The maximum Gasteiger partial charge on any atom is 0.330 e. The van der Waals surface area contributed by atoms with Crippen molar-refractivity contribution in [2.45, 2.75) is 6.92 Å². The molecule has 1 N–H and O–H groups in total. The highest BCUT2D eigenvalue weighted by Gasteiger charge is 2.01. The van der Waals surface area contributed by atoms with Crippen molar-refractivity contribution in [1.29, 1.82) is 0 Å². The van der Waals surface area contributed by atoms with E-state index in [1.54, 1.807) is 0 Å². The van der Waals surface area contributed by atoms with E-state index in [-0.39, 0.29) is 6.61 Å². The third-order valence-electron chi connectivity index (χ3n) is 1.68. The van der Waals surface area contributed by atoms with Crippen molar-refractivity contribution in [3.8, 4) is 0 Å². The summed E-state index contributed by atoms with van der Waals surface area (Å²) in [7, 11) is 0. The molecule has 0 aromatic rings. The number of esters is 1. The molecule has 0 aromatic carbocycles. The van der Waals surface area contributed by atoms with Crippen molar-refractivity contribution >= 4 is 5.97 Å². The minimum absolute atomic E-state index is 0.128. The molecule has 0 fully saturated rings. The van der Waals surface area contributed by atoms with Gasteiger partial charge in [0.15, 0.2) is 0 Å². The molecule has 0 aromatic heterocycles. The minimum Gasteiger partial charge on any atom is -0.461 e. The Morgan fingerprint density at radius 1 is 1.62 bits per heavy atom. The normalized spacial score (nSPS) is 10.1. The summed E-state index contributed by atoms with van der Waals surface area (Å²) in [5.41, 5.74) is 0. The van der Waals surface area contributed by atoms with Crippen molar-refractivity contribution in [1.82, 2.24) is 4.90 Å². The first-order valence-electron chi connectivity index (χ1n) is 4.37. The van der Waals surface area contributed by atoms with Crippen molar-refractivity contribution in [2.24, 2.45) is 0 Å². The average molecular weight is 187 g/mol. The molecule has 0 aliphatic heterocycles. The van der Waals surface area contributed by atoms with Crippen LogP contribution in [-0.4, -0.2) is 48.8 Å². The van der Waals surface area contributed by atoms with E-state index >= 15 is 0 Å². The third kappa shape index (κ3) is 6.31. The van der Waals surface area contributed by atoms with Crippen LogP contribution in [0, 0.1) is 0 Å². The lowest BCUT2D eigenvalue weighted by Gasteiger charge is -2.18. The molecular weight excluding hydrogens is 170 g/mol. The summed E-state index contributed by atoms with van der Waals surface area (Å²) in [4.78, 5) is 12.6. The minimum atomic E-state index is -0.403. The Morgan fingerprint density at radius 2 is 2.31 bits per heavy atom. The number of hydrogen-bond acceptors (Lipinski definition) is 4. The van der Waals surface area contributed by atoms with Gasteiger partial charge in [-0.15, -0.1) is 0 Å². The molecule has 76 valence electrons. The molecule has 0 atom stereocenters. The Morgan fingerprint density at radius 3 is 2.77 bits per heavy atom. The van der Waals surface area contributed by atoms with Crippen LogP contribution in [-0.2, 0) is 9.53 Å². The highest BCUT2D eigenvalue weighted by Crippen LogP contribution is 1.88. The Labute approximate surface area is 78.8 Å². The van der Waals surface area contributed by atoms with E-state index < -0.39 is 5.97 Å². The first-order valence-corrected chi connectivity index (χ1v) is 4.37. The van der Waals surface area contributed by atoms with Crippen LogP contribution >= 0.6 is 0 Å². The zero-order chi connectivity index (χ0) is 10.1. The van der Waals surface area contributed by atoms with E-state index in [4.69, 9.17) is 9.84 Å². The number of likely N-dealkylation sites (N-methyl/N-ethyl adjacent to an activating group) is 1. The van der Waals surface area contributed by atoms with Gasteiger partial charge in [-0.3, -0.25) is 4.90 Å². The van der Waals surface area contributed by atoms with Crippen LogP contribution in [0.1, 0.15) is 6.92 Å². The van der Waals surface area contributed by atoms with Gasteiger partial charge in [0.25, 0.3) is 0 Å². The number of hydrogen-bond donors (Lipinski definition) is 1. The van der Waals surface area contributed by atoms with Crippen LogP contribution in [0.25, 0.3) is 0 Å². The van der Waals surface area contributed by atoms with Crippen molar-refractivity contribution in [2.75, 3.05) is 32.8 Å². The Hall–Kier alpha value is -0.870. The van der Waals surface area contributed by atoms with Gasteiger partial charge in [-0.1, -0.05) is 13.5 Å². The smallest absolute Gasteiger partial charge is 0.330 e. The number of carbonyl (C=O) groups excluding carboxylic acids is 1. The molecule has 0 heterocycles. The van der Waals surface area contributed by atoms with Gasteiger partial charge in [-0.05, 0) is 6.54 Å². The largest absolute Gasteiger partial charge is 0.461 e. The average Bonchev–Trinajstić information content (AvgIpc) is 2.16. The number of nitrogens with zero attached hydrogens (tertiary/aromatic N) is 1. The second-order valence-electron chi connectivity index (χ2n) is 2.53. The summed E-state index contributed by atoms with van der Waals surface area (Å²) in [6.07, 6.45) is 1.14. The van der Waals surface area contributed by atoms with Crippen LogP contribution < -0.4 is 0 Å². The molecule has 0 spiro atoms. The highest BCUT2D eigenvalue weighted by molar-refractivity contribution is 5.81. The van der Waals surface area contributed by atoms with Gasteiger partial charge >= 0.3 is 5.97 Å². The van der Waals surface area contributed by atoms with E-state index in [0.717, 1.165) is 12.6 Å². The number of aliphatic hydroxyl groups is 1. The maximum absolute atomic E-state index is 10.6. The SMILES string of the molecule is C=CC(=O)OCCN(CC)CCO. The summed E-state index contributed by atoms with van der Waals surface area (Å²) in [5.74, 6) is -0.403. The quantitative estimate of drug-likeness (QED) is 0.451. The lowest BCUT2D eigenvalue weighted by Crippen LogP contribution is -2.30. The fraction of sp³-hybridized carbons (Fsp3) is 0.667. The Bertz CT molecular complexity index is 159.